The van der Waals surface area contributed by atoms with Crippen LogP contribution in [0.1, 0.15) is 0 Å². The minimum atomic E-state index is -10.4. The molecular formula is C15H14F7N3S. The van der Waals surface area contributed by atoms with Gasteiger partial charge in [-0.05, 0) is 48.5 Å². The zero-order chi connectivity index (χ0) is 19.9. The van der Waals surface area contributed by atoms with Crippen molar-refractivity contribution >= 4 is 26.9 Å². The highest BCUT2D eigenvalue weighted by Crippen LogP contribution is 3.06. The van der Waals surface area contributed by atoms with Gasteiger partial charge in [0.2, 0.25) is 0 Å². The summed E-state index contributed by atoms with van der Waals surface area (Å²) < 4.78 is 90.4. The number of azo groups is 1. The zero-order valence-electron chi connectivity index (χ0n) is 13.5. The van der Waals surface area contributed by atoms with E-state index in [0.717, 1.165) is 5.69 Å². The Bertz CT molecular complexity index is 822. The standard InChI is InChI=1S/C15H14F7N3S/c1-25(2)13-7-3-11(4-8-13)23-24-12-5-9-14(10-6-12)26(19,20,21,22)15(16,17)18/h3-10H,1-2H3/b24-23+. The second-order valence-corrected chi connectivity index (χ2v) is 8.69. The van der Waals surface area contributed by atoms with E-state index in [9.17, 15) is 28.7 Å². The molecule has 0 aliphatic heterocycles. The molecule has 3 nitrogen and oxygen atoms in total. The SMILES string of the molecule is CN(C)c1ccc(/N=N/c2ccc(S(F)(F)(F)(F)C(F)(F)F)cc2)cc1. The third-order valence-corrected chi connectivity index (χ3v) is 5.58. The van der Waals surface area contributed by atoms with E-state index in [-0.39, 0.29) is 17.8 Å². The van der Waals surface area contributed by atoms with E-state index in [4.69, 9.17) is 0 Å². The molecule has 0 radical (unpaired) electrons. The summed E-state index contributed by atoms with van der Waals surface area (Å²) >= 11 is 0. The first-order valence-electron chi connectivity index (χ1n) is 7.00. The molecule has 2 rings (SSSR count). The minimum absolute atomic E-state index is 0.0124. The monoisotopic (exact) mass is 401 g/mol. The maximum absolute atomic E-state index is 13.3. The Morgan fingerprint density at radius 1 is 0.731 bits per heavy atom. The van der Waals surface area contributed by atoms with Crippen molar-refractivity contribution in [1.29, 1.82) is 0 Å². The summed E-state index contributed by atoms with van der Waals surface area (Å²) in [5, 5.41) is 7.41. The largest absolute Gasteiger partial charge is 0.510 e. The predicted molar refractivity (Wildman–Crippen MR) is 87.7 cm³/mol. The molecule has 2 aromatic rings. The van der Waals surface area contributed by atoms with Crippen molar-refractivity contribution in [1.82, 2.24) is 0 Å². The quantitative estimate of drug-likeness (QED) is 0.386. The van der Waals surface area contributed by atoms with Gasteiger partial charge in [-0.25, -0.2) is 0 Å². The minimum Gasteiger partial charge on any atom is -0.378 e. The van der Waals surface area contributed by atoms with Crippen molar-refractivity contribution in [3.8, 4) is 0 Å². The highest BCUT2D eigenvalue weighted by Gasteiger charge is 2.84. The summed E-state index contributed by atoms with van der Waals surface area (Å²) in [6.07, 6.45) is 0. The Kier molecular flexibility index (Phi) is 4.31. The van der Waals surface area contributed by atoms with Crippen LogP contribution < -0.4 is 4.90 Å². The van der Waals surface area contributed by atoms with Gasteiger partial charge in [-0.3, -0.25) is 0 Å². The molecule has 0 saturated heterocycles. The molecule has 2 aromatic carbocycles. The smallest absolute Gasteiger partial charge is 0.378 e. The number of hydrogen-bond donors (Lipinski definition) is 0. The van der Waals surface area contributed by atoms with Crippen LogP contribution in [0.4, 0.5) is 45.8 Å². The molecule has 0 bridgehead atoms. The Morgan fingerprint density at radius 3 is 1.46 bits per heavy atom. The Morgan fingerprint density at radius 2 is 1.12 bits per heavy atom. The molecule has 0 saturated carbocycles. The first kappa shape index (κ1) is 20.0. The third-order valence-electron chi connectivity index (χ3n) is 3.42. The molecule has 0 aliphatic rings. The second-order valence-electron chi connectivity index (χ2n) is 5.62. The molecular weight excluding hydrogens is 387 g/mol. The van der Waals surface area contributed by atoms with Gasteiger partial charge in [0, 0.05) is 19.8 Å². The van der Waals surface area contributed by atoms with Crippen LogP contribution in [0, 0.1) is 0 Å². The van der Waals surface area contributed by atoms with Crippen LogP contribution in [0.25, 0.3) is 0 Å². The Balaban J connectivity index is 2.28. The van der Waals surface area contributed by atoms with Crippen LogP contribution in [0.2, 0.25) is 0 Å². The lowest BCUT2D eigenvalue weighted by molar-refractivity contribution is -0.0709. The number of halogens is 7. The molecule has 0 aromatic heterocycles. The fourth-order valence-corrected chi connectivity index (χ4v) is 2.80. The lowest BCUT2D eigenvalue weighted by Crippen LogP contribution is -2.32. The Labute approximate surface area is 144 Å². The third kappa shape index (κ3) is 3.48. The predicted octanol–water partition coefficient (Wildman–Crippen LogP) is 7.46. The van der Waals surface area contributed by atoms with Crippen LogP contribution in [0.15, 0.2) is 63.7 Å². The van der Waals surface area contributed by atoms with Crippen LogP contribution in [-0.2, 0) is 0 Å². The van der Waals surface area contributed by atoms with E-state index >= 15 is 0 Å². The fourth-order valence-electron chi connectivity index (χ4n) is 1.85. The molecule has 11 heteroatoms. The topological polar surface area (TPSA) is 28.0 Å². The number of hydrogen-bond acceptors (Lipinski definition) is 3. The summed E-state index contributed by atoms with van der Waals surface area (Å²) in [6.45, 7) is 0. The molecule has 0 N–H and O–H groups in total. The van der Waals surface area contributed by atoms with Gasteiger partial charge in [0.1, 0.15) is 0 Å². The molecule has 0 spiro atoms. The van der Waals surface area contributed by atoms with Gasteiger partial charge in [-0.15, -0.1) is 15.5 Å². The van der Waals surface area contributed by atoms with E-state index < -0.39 is 20.2 Å². The number of benzene rings is 2. The van der Waals surface area contributed by atoms with E-state index in [1.807, 2.05) is 19.0 Å². The summed E-state index contributed by atoms with van der Waals surface area (Å²) in [5.74, 6) is 0. The molecule has 0 unspecified atom stereocenters. The van der Waals surface area contributed by atoms with Crippen molar-refractivity contribution in [2.75, 3.05) is 19.0 Å². The number of rotatable bonds is 4. The van der Waals surface area contributed by atoms with Crippen molar-refractivity contribution in [3.63, 3.8) is 0 Å². The summed E-state index contributed by atoms with van der Waals surface area (Å²) in [6, 6.07) is 7.93. The average molecular weight is 401 g/mol. The first-order valence-corrected chi connectivity index (χ1v) is 9.05. The summed E-state index contributed by atoms with van der Waals surface area (Å²) in [7, 11) is -6.76. The summed E-state index contributed by atoms with van der Waals surface area (Å²) in [5.41, 5.74) is -5.86. The molecule has 0 fully saturated rings. The Hall–Kier alpha value is -2.30. The van der Waals surface area contributed by atoms with E-state index in [1.54, 1.807) is 24.3 Å². The molecule has 0 atom stereocenters. The maximum atomic E-state index is 13.3. The highest BCUT2D eigenvalue weighted by atomic mass is 32.5. The van der Waals surface area contributed by atoms with Crippen molar-refractivity contribution in [2.24, 2.45) is 10.2 Å². The first-order chi connectivity index (χ1) is 11.6. The van der Waals surface area contributed by atoms with E-state index in [0.29, 0.717) is 17.8 Å². The molecule has 0 aliphatic carbocycles. The maximum Gasteiger partial charge on any atom is 0.510 e. The van der Waals surface area contributed by atoms with Crippen LogP contribution in [0.5, 0.6) is 0 Å². The van der Waals surface area contributed by atoms with Crippen LogP contribution >= 0.6 is 9.84 Å². The van der Waals surface area contributed by atoms with Crippen molar-refractivity contribution in [2.45, 2.75) is 10.4 Å². The average Bonchev–Trinajstić information content (AvgIpc) is 2.51. The lowest BCUT2D eigenvalue weighted by Gasteiger charge is -2.50. The second kappa shape index (κ2) is 5.60. The number of alkyl halides is 3. The van der Waals surface area contributed by atoms with Gasteiger partial charge in [-0.1, -0.05) is 0 Å². The van der Waals surface area contributed by atoms with Gasteiger partial charge in [0.25, 0.3) is 9.84 Å². The highest BCUT2D eigenvalue weighted by molar-refractivity contribution is 8.50. The van der Waals surface area contributed by atoms with Gasteiger partial charge in [0.15, 0.2) is 0 Å². The van der Waals surface area contributed by atoms with Crippen molar-refractivity contribution < 1.29 is 28.7 Å². The van der Waals surface area contributed by atoms with E-state index in [2.05, 4.69) is 10.2 Å². The van der Waals surface area contributed by atoms with E-state index in [1.165, 1.54) is 0 Å². The molecule has 26 heavy (non-hydrogen) atoms. The van der Waals surface area contributed by atoms with Crippen molar-refractivity contribution in [3.05, 3.63) is 48.5 Å². The fraction of sp³-hybridized carbons (Fsp3) is 0.200. The van der Waals surface area contributed by atoms with Gasteiger partial charge in [-0.2, -0.15) is 23.4 Å². The van der Waals surface area contributed by atoms with Crippen LogP contribution in [0.3, 0.4) is 0 Å². The van der Waals surface area contributed by atoms with Gasteiger partial charge >= 0.3 is 5.51 Å². The van der Waals surface area contributed by atoms with Gasteiger partial charge in [0.05, 0.1) is 16.3 Å². The number of anilines is 1. The summed E-state index contributed by atoms with van der Waals surface area (Å²) in [4.78, 5) is -0.546. The molecule has 0 amide bonds. The zero-order valence-corrected chi connectivity index (χ0v) is 14.3. The van der Waals surface area contributed by atoms with Crippen LogP contribution in [-0.4, -0.2) is 19.6 Å². The molecule has 0 heterocycles. The normalized spacial score (nSPS) is 15.6. The lowest BCUT2D eigenvalue weighted by atomic mass is 10.3. The molecule has 144 valence electrons. The van der Waals surface area contributed by atoms with Gasteiger partial charge < -0.3 is 4.90 Å². The number of nitrogens with zero attached hydrogens (tertiary/aromatic N) is 3.